The molecule has 1 aromatic heterocycles. The van der Waals surface area contributed by atoms with Crippen LogP contribution in [0.15, 0.2) is 23.1 Å². The molecular formula is C18H20FN3O3. The minimum Gasteiger partial charge on any atom is -0.477 e. The maximum atomic E-state index is 14.8. The predicted molar refractivity (Wildman–Crippen MR) is 92.8 cm³/mol. The number of pyridine rings is 1. The zero-order valence-electron chi connectivity index (χ0n) is 13.7. The van der Waals surface area contributed by atoms with Gasteiger partial charge in [0.25, 0.3) is 0 Å². The van der Waals surface area contributed by atoms with Gasteiger partial charge in [0.1, 0.15) is 11.4 Å². The minimum atomic E-state index is -1.28. The zero-order chi connectivity index (χ0) is 17.7. The van der Waals surface area contributed by atoms with Gasteiger partial charge in [-0.2, -0.15) is 0 Å². The minimum absolute atomic E-state index is 0.0892. The molecule has 6 nitrogen and oxygen atoms in total. The summed E-state index contributed by atoms with van der Waals surface area (Å²) in [5, 5.41) is 9.41. The number of halogens is 1. The molecule has 1 aliphatic carbocycles. The van der Waals surface area contributed by atoms with Gasteiger partial charge in [0, 0.05) is 36.8 Å². The van der Waals surface area contributed by atoms with Crippen LogP contribution in [0.5, 0.6) is 0 Å². The number of aromatic nitrogens is 1. The van der Waals surface area contributed by atoms with Crippen molar-refractivity contribution in [3.8, 4) is 0 Å². The molecule has 1 aromatic carbocycles. The number of hydrogen-bond acceptors (Lipinski definition) is 4. The van der Waals surface area contributed by atoms with Crippen LogP contribution in [0, 0.1) is 5.82 Å². The summed E-state index contributed by atoms with van der Waals surface area (Å²) in [7, 11) is 0. The average Bonchev–Trinajstić information content (AvgIpc) is 3.31. The lowest BCUT2D eigenvalue weighted by Crippen LogP contribution is -2.36. The van der Waals surface area contributed by atoms with Gasteiger partial charge in [0.05, 0.1) is 11.2 Å². The molecule has 2 fully saturated rings. The topological polar surface area (TPSA) is 88.6 Å². The molecule has 1 saturated carbocycles. The molecule has 3 N–H and O–H groups in total. The van der Waals surface area contributed by atoms with Crippen LogP contribution in [0.4, 0.5) is 10.1 Å². The molecule has 7 heteroatoms. The molecular weight excluding hydrogens is 325 g/mol. The average molecular weight is 345 g/mol. The number of nitrogens with two attached hydrogens (primary N) is 1. The van der Waals surface area contributed by atoms with Crippen molar-refractivity contribution in [3.63, 3.8) is 0 Å². The summed E-state index contributed by atoms with van der Waals surface area (Å²) in [6.07, 6.45) is 5.13. The first-order chi connectivity index (χ1) is 12.0. The highest BCUT2D eigenvalue weighted by molar-refractivity contribution is 5.93. The summed E-state index contributed by atoms with van der Waals surface area (Å²) in [5.41, 5.74) is 5.89. The number of hydrogen-bond donors (Lipinski definition) is 2. The quantitative estimate of drug-likeness (QED) is 0.886. The van der Waals surface area contributed by atoms with E-state index in [-0.39, 0.29) is 23.0 Å². The van der Waals surface area contributed by atoms with Gasteiger partial charge in [-0.15, -0.1) is 0 Å². The number of benzene rings is 1. The van der Waals surface area contributed by atoms with Crippen molar-refractivity contribution in [1.82, 2.24) is 4.57 Å². The van der Waals surface area contributed by atoms with Crippen molar-refractivity contribution in [2.75, 3.05) is 18.0 Å². The van der Waals surface area contributed by atoms with Crippen molar-refractivity contribution in [3.05, 3.63) is 39.9 Å². The molecule has 2 aliphatic rings. The van der Waals surface area contributed by atoms with Crippen LogP contribution < -0.4 is 16.1 Å². The summed E-state index contributed by atoms with van der Waals surface area (Å²) in [4.78, 5) is 25.8. The number of aromatic carboxylic acids is 1. The Morgan fingerprint density at radius 2 is 2.08 bits per heavy atom. The molecule has 132 valence electrons. The number of carboxylic acid groups (broad SMARTS) is 1. The third-order valence-electron chi connectivity index (χ3n) is 5.23. The number of carboxylic acids is 1. The van der Waals surface area contributed by atoms with Crippen LogP contribution in [0.1, 0.15) is 42.1 Å². The number of rotatable bonds is 4. The second-order valence-corrected chi connectivity index (χ2v) is 6.86. The standard InChI is InChI=1S/C18H20FN3O3/c19-14-6-12-15(7-16(14)21-5-1-2-11(21)8-20)22(10-3-4-10)9-13(17(12)23)18(24)25/h6-7,9-11H,1-5,8,20H2,(H,24,25). The largest absolute Gasteiger partial charge is 0.477 e. The van der Waals surface area contributed by atoms with E-state index in [4.69, 9.17) is 5.73 Å². The molecule has 1 unspecified atom stereocenters. The summed E-state index contributed by atoms with van der Waals surface area (Å²) < 4.78 is 16.6. The second kappa shape index (κ2) is 5.84. The molecule has 2 heterocycles. The maximum absolute atomic E-state index is 14.8. The number of nitrogens with zero attached hydrogens (tertiary/aromatic N) is 2. The molecule has 1 aliphatic heterocycles. The van der Waals surface area contributed by atoms with Crippen molar-refractivity contribution in [2.24, 2.45) is 5.73 Å². The van der Waals surface area contributed by atoms with Gasteiger partial charge in [-0.3, -0.25) is 4.79 Å². The van der Waals surface area contributed by atoms with Gasteiger partial charge in [-0.25, -0.2) is 9.18 Å². The monoisotopic (exact) mass is 345 g/mol. The van der Waals surface area contributed by atoms with E-state index in [0.29, 0.717) is 17.7 Å². The van der Waals surface area contributed by atoms with Gasteiger partial charge < -0.3 is 20.3 Å². The van der Waals surface area contributed by atoms with Crippen molar-refractivity contribution in [2.45, 2.75) is 37.8 Å². The number of carbonyl (C=O) groups is 1. The van der Waals surface area contributed by atoms with Crippen LogP contribution in [-0.4, -0.2) is 34.8 Å². The molecule has 0 radical (unpaired) electrons. The zero-order valence-corrected chi connectivity index (χ0v) is 13.7. The molecule has 0 spiro atoms. The Morgan fingerprint density at radius 3 is 2.72 bits per heavy atom. The van der Waals surface area contributed by atoms with Gasteiger partial charge in [-0.05, 0) is 37.8 Å². The first-order valence-electron chi connectivity index (χ1n) is 8.59. The molecule has 4 rings (SSSR count). The van der Waals surface area contributed by atoms with Gasteiger partial charge >= 0.3 is 5.97 Å². The lowest BCUT2D eigenvalue weighted by molar-refractivity contribution is 0.0695. The molecule has 0 bridgehead atoms. The fourth-order valence-corrected chi connectivity index (χ4v) is 3.78. The van der Waals surface area contributed by atoms with E-state index < -0.39 is 17.2 Å². The Kier molecular flexibility index (Phi) is 3.76. The Bertz CT molecular complexity index is 920. The fraction of sp³-hybridized carbons (Fsp3) is 0.444. The van der Waals surface area contributed by atoms with Crippen LogP contribution in [0.3, 0.4) is 0 Å². The fourth-order valence-electron chi connectivity index (χ4n) is 3.78. The van der Waals surface area contributed by atoms with E-state index in [9.17, 15) is 19.1 Å². The van der Waals surface area contributed by atoms with Crippen molar-refractivity contribution >= 4 is 22.6 Å². The van der Waals surface area contributed by atoms with E-state index >= 15 is 0 Å². The molecule has 2 aromatic rings. The first kappa shape index (κ1) is 16.1. The maximum Gasteiger partial charge on any atom is 0.341 e. The van der Waals surface area contributed by atoms with Gasteiger partial charge in [0.15, 0.2) is 0 Å². The third-order valence-corrected chi connectivity index (χ3v) is 5.23. The second-order valence-electron chi connectivity index (χ2n) is 6.86. The lowest BCUT2D eigenvalue weighted by atomic mass is 10.1. The molecule has 25 heavy (non-hydrogen) atoms. The Labute approximate surface area is 143 Å². The van der Waals surface area contributed by atoms with Gasteiger partial charge in [-0.1, -0.05) is 0 Å². The molecule has 1 saturated heterocycles. The summed E-state index contributed by atoms with van der Waals surface area (Å²) in [5.74, 6) is -1.79. The highest BCUT2D eigenvalue weighted by atomic mass is 19.1. The highest BCUT2D eigenvalue weighted by Gasteiger charge is 2.30. The van der Waals surface area contributed by atoms with Crippen LogP contribution in [0.2, 0.25) is 0 Å². The van der Waals surface area contributed by atoms with Crippen LogP contribution >= 0.6 is 0 Å². The van der Waals surface area contributed by atoms with Crippen LogP contribution in [-0.2, 0) is 0 Å². The van der Waals surface area contributed by atoms with Crippen LogP contribution in [0.25, 0.3) is 10.9 Å². The molecule has 1 atom stereocenters. The predicted octanol–water partition coefficient (Wildman–Crippen LogP) is 2.10. The van der Waals surface area contributed by atoms with Crippen molar-refractivity contribution < 1.29 is 14.3 Å². The third kappa shape index (κ3) is 2.59. The van der Waals surface area contributed by atoms with E-state index in [2.05, 4.69) is 0 Å². The number of anilines is 1. The SMILES string of the molecule is NCC1CCCN1c1cc2c(cc1F)c(=O)c(C(=O)O)cn2C1CC1. The Hall–Kier alpha value is -2.41. The number of fused-ring (bicyclic) bond motifs is 1. The highest BCUT2D eigenvalue weighted by Crippen LogP contribution is 2.38. The Morgan fingerprint density at radius 1 is 1.32 bits per heavy atom. The summed E-state index contributed by atoms with van der Waals surface area (Å²) >= 11 is 0. The van der Waals surface area contributed by atoms with E-state index in [1.807, 2.05) is 9.47 Å². The summed E-state index contributed by atoms with van der Waals surface area (Å²) in [6.45, 7) is 1.18. The Balaban J connectivity index is 1.96. The first-order valence-corrected chi connectivity index (χ1v) is 8.59. The molecule has 0 amide bonds. The smallest absolute Gasteiger partial charge is 0.341 e. The van der Waals surface area contributed by atoms with E-state index in [0.717, 1.165) is 32.2 Å². The summed E-state index contributed by atoms with van der Waals surface area (Å²) in [6, 6.07) is 3.13. The van der Waals surface area contributed by atoms with Crippen molar-refractivity contribution in [1.29, 1.82) is 0 Å². The van der Waals surface area contributed by atoms with E-state index in [1.54, 1.807) is 6.07 Å². The lowest BCUT2D eigenvalue weighted by Gasteiger charge is -2.27. The van der Waals surface area contributed by atoms with Gasteiger partial charge in [0.2, 0.25) is 5.43 Å². The van der Waals surface area contributed by atoms with E-state index in [1.165, 1.54) is 12.3 Å². The normalized spacial score (nSPS) is 20.4.